The van der Waals surface area contributed by atoms with Crippen molar-refractivity contribution < 1.29 is 9.32 Å². The molecule has 1 saturated heterocycles. The number of hydrogen-bond acceptors (Lipinski definition) is 7. The van der Waals surface area contributed by atoms with Crippen LogP contribution < -0.4 is 5.32 Å². The summed E-state index contributed by atoms with van der Waals surface area (Å²) in [6, 6.07) is 7.65. The number of hydrogen-bond donors (Lipinski definition) is 1. The van der Waals surface area contributed by atoms with E-state index in [1.807, 2.05) is 36.9 Å². The van der Waals surface area contributed by atoms with Crippen LogP contribution in [0.15, 0.2) is 41.2 Å². The molecular weight excluding hydrogens is 344 g/mol. The van der Waals surface area contributed by atoms with Crippen LogP contribution in [-0.4, -0.2) is 50.5 Å². The Morgan fingerprint density at radius 3 is 2.70 bits per heavy atom. The van der Waals surface area contributed by atoms with Crippen molar-refractivity contribution >= 4 is 11.6 Å². The number of nitrogens with one attached hydrogen (secondary N) is 1. The van der Waals surface area contributed by atoms with E-state index in [2.05, 4.69) is 25.4 Å². The lowest BCUT2D eigenvalue weighted by Gasteiger charge is -2.36. The smallest absolute Gasteiger partial charge is 0.240 e. The number of anilines is 1. The molecule has 1 amide bonds. The first-order chi connectivity index (χ1) is 13.1. The van der Waals surface area contributed by atoms with Crippen molar-refractivity contribution in [3.05, 3.63) is 53.7 Å². The summed E-state index contributed by atoms with van der Waals surface area (Å²) in [5.74, 6) is 1.49. The number of benzene rings is 1. The first-order valence-electron chi connectivity index (χ1n) is 8.79. The van der Waals surface area contributed by atoms with Gasteiger partial charge in [0.25, 0.3) is 0 Å². The zero-order valence-corrected chi connectivity index (χ0v) is 15.2. The van der Waals surface area contributed by atoms with Crippen LogP contribution >= 0.6 is 0 Å². The maximum atomic E-state index is 12.2. The van der Waals surface area contributed by atoms with E-state index in [1.54, 1.807) is 18.5 Å². The van der Waals surface area contributed by atoms with Crippen molar-refractivity contribution in [2.24, 2.45) is 0 Å². The Hall–Kier alpha value is -3.13. The largest absolute Gasteiger partial charge is 0.338 e. The topological polar surface area (TPSA) is 97.0 Å². The number of rotatable bonds is 5. The minimum atomic E-state index is -0.0272. The van der Waals surface area contributed by atoms with Crippen molar-refractivity contribution in [1.82, 2.24) is 25.0 Å². The Labute approximate surface area is 156 Å². The van der Waals surface area contributed by atoms with E-state index in [1.165, 1.54) is 5.56 Å². The van der Waals surface area contributed by atoms with Crippen molar-refractivity contribution in [3.8, 4) is 11.6 Å². The third-order valence-electron chi connectivity index (χ3n) is 4.67. The third kappa shape index (κ3) is 3.85. The molecule has 0 bridgehead atoms. The van der Waals surface area contributed by atoms with Gasteiger partial charge in [-0.05, 0) is 43.2 Å². The molecule has 1 aliphatic heterocycles. The van der Waals surface area contributed by atoms with Crippen LogP contribution in [0.25, 0.3) is 11.6 Å². The van der Waals surface area contributed by atoms with Gasteiger partial charge in [-0.25, -0.2) is 9.97 Å². The Balaban J connectivity index is 1.29. The van der Waals surface area contributed by atoms with Crippen LogP contribution in [0, 0.1) is 13.8 Å². The molecule has 8 heteroatoms. The highest BCUT2D eigenvalue weighted by Gasteiger charge is 2.33. The SMILES string of the molecule is Cc1ccc(NC(=O)CN2CC(c3nc(-c4ncccn4)no3)C2)cc1C. The van der Waals surface area contributed by atoms with Crippen molar-refractivity contribution in [2.45, 2.75) is 19.8 Å². The summed E-state index contributed by atoms with van der Waals surface area (Å²) in [6.07, 6.45) is 3.27. The molecule has 8 nitrogen and oxygen atoms in total. The highest BCUT2D eigenvalue weighted by molar-refractivity contribution is 5.92. The Morgan fingerprint density at radius 1 is 1.19 bits per heavy atom. The average molecular weight is 364 g/mol. The fourth-order valence-corrected chi connectivity index (χ4v) is 2.98. The standard InChI is InChI=1S/C19H20N6O2/c1-12-4-5-15(8-13(12)2)22-16(26)11-25-9-14(10-25)19-23-18(24-27-19)17-20-6-3-7-21-17/h3-8,14H,9-11H2,1-2H3,(H,22,26). The molecule has 0 aliphatic carbocycles. The second-order valence-electron chi connectivity index (χ2n) is 6.77. The summed E-state index contributed by atoms with van der Waals surface area (Å²) in [5, 5.41) is 6.88. The number of carbonyl (C=O) groups is 1. The van der Waals surface area contributed by atoms with Crippen LogP contribution in [0.3, 0.4) is 0 Å². The summed E-state index contributed by atoms with van der Waals surface area (Å²) >= 11 is 0. The van der Waals surface area contributed by atoms with Gasteiger partial charge < -0.3 is 9.84 Å². The quantitative estimate of drug-likeness (QED) is 0.741. The molecule has 138 valence electrons. The van der Waals surface area contributed by atoms with E-state index < -0.39 is 0 Å². The number of nitrogens with zero attached hydrogens (tertiary/aromatic N) is 5. The molecule has 0 radical (unpaired) electrons. The number of amides is 1. The molecule has 0 unspecified atom stereocenters. The summed E-state index contributed by atoms with van der Waals surface area (Å²) in [7, 11) is 0. The van der Waals surface area contributed by atoms with E-state index in [9.17, 15) is 4.79 Å². The Morgan fingerprint density at radius 2 is 1.96 bits per heavy atom. The summed E-state index contributed by atoms with van der Waals surface area (Å²) in [6.45, 7) is 5.83. The molecule has 4 rings (SSSR count). The first-order valence-corrected chi connectivity index (χ1v) is 8.79. The van der Waals surface area contributed by atoms with Gasteiger partial charge >= 0.3 is 0 Å². The molecule has 3 aromatic rings. The van der Waals surface area contributed by atoms with Gasteiger partial charge in [0.15, 0.2) is 0 Å². The predicted octanol–water partition coefficient (Wildman–Crippen LogP) is 2.18. The zero-order valence-electron chi connectivity index (χ0n) is 15.2. The van der Waals surface area contributed by atoms with Crippen molar-refractivity contribution in [3.63, 3.8) is 0 Å². The molecule has 1 N–H and O–H groups in total. The highest BCUT2D eigenvalue weighted by atomic mass is 16.5. The fraction of sp³-hybridized carbons (Fsp3) is 0.316. The molecule has 1 fully saturated rings. The second-order valence-corrected chi connectivity index (χ2v) is 6.77. The van der Waals surface area contributed by atoms with E-state index in [0.717, 1.165) is 11.3 Å². The Kier molecular flexibility index (Phi) is 4.64. The molecule has 27 heavy (non-hydrogen) atoms. The summed E-state index contributed by atoms with van der Waals surface area (Å²) in [5.41, 5.74) is 3.19. The van der Waals surface area contributed by atoms with Crippen LogP contribution in [0.5, 0.6) is 0 Å². The number of aromatic nitrogens is 4. The summed E-state index contributed by atoms with van der Waals surface area (Å²) in [4.78, 5) is 26.9. The lowest BCUT2D eigenvalue weighted by molar-refractivity contribution is -0.118. The van der Waals surface area contributed by atoms with Gasteiger partial charge in [-0.15, -0.1) is 0 Å². The number of likely N-dealkylation sites (tertiary alicyclic amines) is 1. The summed E-state index contributed by atoms with van der Waals surface area (Å²) < 4.78 is 5.33. The predicted molar refractivity (Wildman–Crippen MR) is 99.1 cm³/mol. The monoisotopic (exact) mass is 364 g/mol. The zero-order chi connectivity index (χ0) is 18.8. The maximum Gasteiger partial charge on any atom is 0.240 e. The third-order valence-corrected chi connectivity index (χ3v) is 4.67. The van der Waals surface area contributed by atoms with Crippen molar-refractivity contribution in [1.29, 1.82) is 0 Å². The van der Waals surface area contributed by atoms with Gasteiger partial charge in [0.1, 0.15) is 0 Å². The molecule has 3 heterocycles. The van der Waals surface area contributed by atoms with Gasteiger partial charge in [-0.1, -0.05) is 11.2 Å². The fourth-order valence-electron chi connectivity index (χ4n) is 2.98. The minimum Gasteiger partial charge on any atom is -0.338 e. The van der Waals surface area contributed by atoms with E-state index in [-0.39, 0.29) is 11.8 Å². The maximum absolute atomic E-state index is 12.2. The van der Waals surface area contributed by atoms with Crippen LogP contribution in [0.1, 0.15) is 22.9 Å². The van der Waals surface area contributed by atoms with Gasteiger partial charge in [-0.3, -0.25) is 9.69 Å². The molecule has 0 atom stereocenters. The molecule has 1 aliphatic rings. The number of aryl methyl sites for hydroxylation is 2. The molecule has 1 aromatic carbocycles. The van der Waals surface area contributed by atoms with Crippen LogP contribution in [0.4, 0.5) is 5.69 Å². The van der Waals surface area contributed by atoms with Gasteiger partial charge in [0, 0.05) is 31.2 Å². The van der Waals surface area contributed by atoms with Crippen molar-refractivity contribution in [2.75, 3.05) is 25.0 Å². The first kappa shape index (κ1) is 17.3. The van der Waals surface area contributed by atoms with E-state index >= 15 is 0 Å². The molecule has 0 saturated carbocycles. The highest BCUT2D eigenvalue weighted by Crippen LogP contribution is 2.26. The van der Waals surface area contributed by atoms with Gasteiger partial charge in [0.2, 0.25) is 23.4 Å². The molecule has 2 aromatic heterocycles. The Bertz CT molecular complexity index is 950. The van der Waals surface area contributed by atoms with E-state index in [0.29, 0.717) is 37.2 Å². The molecule has 0 spiro atoms. The van der Waals surface area contributed by atoms with Gasteiger partial charge in [0.05, 0.1) is 12.5 Å². The minimum absolute atomic E-state index is 0.0272. The normalized spacial score (nSPS) is 14.7. The van der Waals surface area contributed by atoms with E-state index in [4.69, 9.17) is 4.52 Å². The van der Waals surface area contributed by atoms with Gasteiger partial charge in [-0.2, -0.15) is 4.98 Å². The number of carbonyl (C=O) groups excluding carboxylic acids is 1. The van der Waals surface area contributed by atoms with Crippen LogP contribution in [0.2, 0.25) is 0 Å². The second kappa shape index (κ2) is 7.24. The molecular formula is C19H20N6O2. The lowest BCUT2D eigenvalue weighted by Crippen LogP contribution is -2.48. The lowest BCUT2D eigenvalue weighted by atomic mass is 10.0. The van der Waals surface area contributed by atoms with Crippen LogP contribution in [-0.2, 0) is 4.79 Å². The average Bonchev–Trinajstić information content (AvgIpc) is 3.11.